The fourth-order valence-corrected chi connectivity index (χ4v) is 3.18. The van der Waals surface area contributed by atoms with Crippen LogP contribution < -0.4 is 0 Å². The first-order valence-electron chi connectivity index (χ1n) is 6.37. The minimum atomic E-state index is 0.218. The van der Waals surface area contributed by atoms with Crippen LogP contribution in [0.4, 0.5) is 0 Å². The van der Waals surface area contributed by atoms with E-state index in [-0.39, 0.29) is 6.04 Å². The van der Waals surface area contributed by atoms with Gasteiger partial charge in [0.25, 0.3) is 0 Å². The van der Waals surface area contributed by atoms with Crippen LogP contribution in [0.2, 0.25) is 0 Å². The quantitative estimate of drug-likeness (QED) is 0.659. The third-order valence-electron chi connectivity index (χ3n) is 4.48. The second-order valence-corrected chi connectivity index (χ2v) is 5.45. The molecular formula is C13H22N2. The summed E-state index contributed by atoms with van der Waals surface area (Å²) < 4.78 is 0. The van der Waals surface area contributed by atoms with Crippen LogP contribution in [0.15, 0.2) is 0 Å². The maximum atomic E-state index is 9.09. The highest BCUT2D eigenvalue weighted by molar-refractivity contribution is 4.99. The molecular weight excluding hydrogens is 184 g/mol. The van der Waals surface area contributed by atoms with Gasteiger partial charge in [-0.05, 0) is 50.5 Å². The number of nitrogens with zero attached hydrogens (tertiary/aromatic N) is 2. The van der Waals surface area contributed by atoms with E-state index >= 15 is 0 Å². The van der Waals surface area contributed by atoms with Crippen LogP contribution in [-0.2, 0) is 0 Å². The van der Waals surface area contributed by atoms with Crippen molar-refractivity contribution in [1.29, 1.82) is 5.26 Å². The van der Waals surface area contributed by atoms with Gasteiger partial charge in [0, 0.05) is 6.04 Å². The Hall–Kier alpha value is -0.550. The van der Waals surface area contributed by atoms with Crippen molar-refractivity contribution in [2.24, 2.45) is 11.8 Å². The van der Waals surface area contributed by atoms with Gasteiger partial charge < -0.3 is 0 Å². The van der Waals surface area contributed by atoms with E-state index in [0.717, 1.165) is 24.8 Å². The van der Waals surface area contributed by atoms with Gasteiger partial charge in [0.1, 0.15) is 0 Å². The van der Waals surface area contributed by atoms with E-state index in [4.69, 9.17) is 5.26 Å². The van der Waals surface area contributed by atoms with Crippen LogP contribution in [-0.4, -0.2) is 23.5 Å². The summed E-state index contributed by atoms with van der Waals surface area (Å²) in [4.78, 5) is 2.47. The van der Waals surface area contributed by atoms with E-state index in [0.29, 0.717) is 6.04 Å². The molecule has 1 saturated heterocycles. The van der Waals surface area contributed by atoms with E-state index < -0.39 is 0 Å². The molecule has 0 aromatic carbocycles. The molecule has 0 spiro atoms. The minimum absolute atomic E-state index is 0.218. The monoisotopic (exact) mass is 206 g/mol. The molecule has 2 heteroatoms. The first-order chi connectivity index (χ1) is 7.22. The molecule has 0 N–H and O–H groups in total. The van der Waals surface area contributed by atoms with Gasteiger partial charge in [-0.1, -0.05) is 13.8 Å². The first kappa shape index (κ1) is 11.0. The lowest BCUT2D eigenvalue weighted by molar-refractivity contribution is 0.114. The number of rotatable bonds is 1. The number of nitriles is 1. The van der Waals surface area contributed by atoms with Crippen LogP contribution in [0.3, 0.4) is 0 Å². The molecule has 1 aliphatic heterocycles. The molecule has 0 aromatic heterocycles. The van der Waals surface area contributed by atoms with Crippen LogP contribution in [0.5, 0.6) is 0 Å². The lowest BCUT2D eigenvalue weighted by Gasteiger charge is -2.38. The predicted molar refractivity (Wildman–Crippen MR) is 61.3 cm³/mol. The Morgan fingerprint density at radius 3 is 2.60 bits per heavy atom. The van der Waals surface area contributed by atoms with Crippen LogP contribution in [0.1, 0.15) is 46.0 Å². The maximum absolute atomic E-state index is 9.09. The SMILES string of the molecule is CC1CCC(N2CCCC2C#N)CC1C. The van der Waals surface area contributed by atoms with Gasteiger partial charge in [-0.2, -0.15) is 5.26 Å². The zero-order valence-electron chi connectivity index (χ0n) is 9.95. The predicted octanol–water partition coefficient (Wildman–Crippen LogP) is 2.80. The molecule has 4 unspecified atom stereocenters. The van der Waals surface area contributed by atoms with Gasteiger partial charge in [0.05, 0.1) is 12.1 Å². The molecule has 15 heavy (non-hydrogen) atoms. The number of likely N-dealkylation sites (tertiary alicyclic amines) is 1. The lowest BCUT2D eigenvalue weighted by Crippen LogP contribution is -2.42. The summed E-state index contributed by atoms with van der Waals surface area (Å²) in [6.45, 7) is 5.89. The molecule has 1 aliphatic carbocycles. The summed E-state index contributed by atoms with van der Waals surface area (Å²) in [7, 11) is 0. The van der Waals surface area contributed by atoms with Crippen molar-refractivity contribution in [2.45, 2.75) is 58.0 Å². The molecule has 1 saturated carbocycles. The number of hydrogen-bond donors (Lipinski definition) is 0. The van der Waals surface area contributed by atoms with Crippen LogP contribution in [0, 0.1) is 23.2 Å². The fraction of sp³-hybridized carbons (Fsp3) is 0.923. The Balaban J connectivity index is 1.97. The molecule has 4 atom stereocenters. The largest absolute Gasteiger partial charge is 0.285 e. The highest BCUT2D eigenvalue weighted by Crippen LogP contribution is 2.34. The molecule has 0 aromatic rings. The molecule has 1 heterocycles. The van der Waals surface area contributed by atoms with Crippen molar-refractivity contribution < 1.29 is 0 Å². The number of hydrogen-bond acceptors (Lipinski definition) is 2. The topological polar surface area (TPSA) is 27.0 Å². The Bertz CT molecular complexity index is 256. The van der Waals surface area contributed by atoms with Gasteiger partial charge in [-0.25, -0.2) is 0 Å². The molecule has 0 amide bonds. The summed E-state index contributed by atoms with van der Waals surface area (Å²) >= 11 is 0. The molecule has 2 fully saturated rings. The maximum Gasteiger partial charge on any atom is 0.0980 e. The van der Waals surface area contributed by atoms with Crippen molar-refractivity contribution in [3.63, 3.8) is 0 Å². The normalized spacial score (nSPS) is 42.7. The van der Waals surface area contributed by atoms with E-state index in [9.17, 15) is 0 Å². The average Bonchev–Trinajstić information content (AvgIpc) is 2.70. The summed E-state index contributed by atoms with van der Waals surface area (Å²) in [5, 5.41) is 9.09. The smallest absolute Gasteiger partial charge is 0.0980 e. The van der Waals surface area contributed by atoms with Crippen LogP contribution >= 0.6 is 0 Å². The van der Waals surface area contributed by atoms with Gasteiger partial charge in [0.15, 0.2) is 0 Å². The zero-order chi connectivity index (χ0) is 10.8. The summed E-state index contributed by atoms with van der Waals surface area (Å²) in [5.74, 6) is 1.72. The van der Waals surface area contributed by atoms with Crippen molar-refractivity contribution >= 4 is 0 Å². The average molecular weight is 206 g/mol. The van der Waals surface area contributed by atoms with Gasteiger partial charge >= 0.3 is 0 Å². The summed E-state index contributed by atoms with van der Waals surface area (Å²) in [6.07, 6.45) is 6.28. The highest BCUT2D eigenvalue weighted by atomic mass is 15.2. The van der Waals surface area contributed by atoms with Crippen molar-refractivity contribution in [3.05, 3.63) is 0 Å². The van der Waals surface area contributed by atoms with Gasteiger partial charge in [-0.15, -0.1) is 0 Å². The molecule has 2 rings (SSSR count). The van der Waals surface area contributed by atoms with Gasteiger partial charge in [0.2, 0.25) is 0 Å². The van der Waals surface area contributed by atoms with E-state index in [1.165, 1.54) is 25.7 Å². The zero-order valence-corrected chi connectivity index (χ0v) is 9.95. The van der Waals surface area contributed by atoms with Crippen molar-refractivity contribution in [1.82, 2.24) is 4.90 Å². The fourth-order valence-electron chi connectivity index (χ4n) is 3.18. The third-order valence-corrected chi connectivity index (χ3v) is 4.48. The van der Waals surface area contributed by atoms with Crippen molar-refractivity contribution in [2.75, 3.05) is 6.54 Å². The second kappa shape index (κ2) is 4.53. The molecule has 2 aliphatic rings. The molecule has 84 valence electrons. The lowest BCUT2D eigenvalue weighted by atomic mass is 9.78. The Kier molecular flexibility index (Phi) is 3.31. The Morgan fingerprint density at radius 2 is 1.93 bits per heavy atom. The first-order valence-corrected chi connectivity index (χ1v) is 6.37. The Labute approximate surface area is 93.3 Å². The summed E-state index contributed by atoms with van der Waals surface area (Å²) in [6, 6.07) is 3.38. The van der Waals surface area contributed by atoms with Crippen LogP contribution in [0.25, 0.3) is 0 Å². The van der Waals surface area contributed by atoms with Crippen molar-refractivity contribution in [3.8, 4) is 6.07 Å². The molecule has 0 bridgehead atoms. The van der Waals surface area contributed by atoms with E-state index in [1.54, 1.807) is 0 Å². The van der Waals surface area contributed by atoms with Gasteiger partial charge in [-0.3, -0.25) is 4.90 Å². The van der Waals surface area contributed by atoms with E-state index in [2.05, 4.69) is 24.8 Å². The standard InChI is InChI=1S/C13H22N2/c1-10-5-6-12(8-11(10)2)15-7-3-4-13(15)9-14/h10-13H,3-8H2,1-2H3. The Morgan fingerprint density at radius 1 is 1.13 bits per heavy atom. The third kappa shape index (κ3) is 2.18. The highest BCUT2D eigenvalue weighted by Gasteiger charge is 2.34. The van der Waals surface area contributed by atoms with E-state index in [1.807, 2.05) is 0 Å². The molecule has 0 radical (unpaired) electrons. The minimum Gasteiger partial charge on any atom is -0.285 e. The summed E-state index contributed by atoms with van der Waals surface area (Å²) in [5.41, 5.74) is 0. The molecule has 2 nitrogen and oxygen atoms in total. The second-order valence-electron chi connectivity index (χ2n) is 5.45.